The van der Waals surface area contributed by atoms with Crippen molar-refractivity contribution in [3.8, 4) is 0 Å². The smallest absolute Gasteiger partial charge is 0.629 e. The van der Waals surface area contributed by atoms with Gasteiger partial charge in [-0.25, -0.2) is 12.1 Å². The minimum absolute atomic E-state index is 0. The Bertz CT molecular complexity index is 291. The molecule has 4 heteroatoms. The van der Waals surface area contributed by atoms with Crippen molar-refractivity contribution in [1.29, 1.82) is 0 Å². The SMILES string of the molecule is [Au].[Fe+2].[O-]C(O)=C1C=CC=C1.c1cc[cH-]c1. The van der Waals surface area contributed by atoms with Gasteiger partial charge in [-0.2, -0.15) is 18.2 Å². The van der Waals surface area contributed by atoms with E-state index in [0.717, 1.165) is 0 Å². The molecule has 85 valence electrons. The average Bonchev–Trinajstić information content (AvgIpc) is 2.82. The van der Waals surface area contributed by atoms with E-state index >= 15 is 0 Å². The summed E-state index contributed by atoms with van der Waals surface area (Å²) in [5, 5.41) is 18.3. The molecule has 0 heterocycles. The normalized spacial score (nSPS) is 10.8. The molecule has 1 aromatic rings. The van der Waals surface area contributed by atoms with Gasteiger partial charge in [0.05, 0.1) is 5.95 Å². The molecular weight excluding hydrogens is 417 g/mol. The Morgan fingerprint density at radius 1 is 1.13 bits per heavy atom. The summed E-state index contributed by atoms with van der Waals surface area (Å²) in [6.45, 7) is 0. The number of aliphatic hydroxyl groups excluding tert-OH is 1. The fraction of sp³-hybridized carbons (Fsp3) is 0. The molecule has 2 nitrogen and oxygen atoms in total. The summed E-state index contributed by atoms with van der Waals surface area (Å²) in [4.78, 5) is 0. The fourth-order valence-electron chi connectivity index (χ4n) is 0.837. The summed E-state index contributed by atoms with van der Waals surface area (Å²) < 4.78 is 0. The fourth-order valence-corrected chi connectivity index (χ4v) is 0.837. The molecule has 0 spiro atoms. The van der Waals surface area contributed by atoms with E-state index in [2.05, 4.69) is 0 Å². The molecule has 0 aliphatic heterocycles. The first kappa shape index (κ1) is 16.8. The van der Waals surface area contributed by atoms with Crippen LogP contribution < -0.4 is 5.11 Å². The van der Waals surface area contributed by atoms with Crippen LogP contribution in [0.4, 0.5) is 0 Å². The molecule has 0 atom stereocenters. The molecular formula is C11H10AuFeO2. The molecule has 1 radical (unpaired) electrons. The van der Waals surface area contributed by atoms with Gasteiger partial charge in [0.1, 0.15) is 0 Å². The van der Waals surface area contributed by atoms with E-state index in [1.54, 1.807) is 24.3 Å². The molecule has 1 N–H and O–H groups in total. The van der Waals surface area contributed by atoms with Gasteiger partial charge in [-0.15, -0.1) is 0 Å². The van der Waals surface area contributed by atoms with Crippen molar-refractivity contribution in [2.75, 3.05) is 0 Å². The molecule has 0 bridgehead atoms. The standard InChI is InChI=1S/C6H6O2.C5H5.Au.Fe/c7-6(8)5-3-1-2-4-5;1-2-4-5-3-1;;/h1-4,7-8H;1-5H;;/q;-1;;+2/p-1. The zero-order chi connectivity index (χ0) is 9.52. The van der Waals surface area contributed by atoms with Gasteiger partial charge in [0, 0.05) is 22.4 Å². The van der Waals surface area contributed by atoms with Gasteiger partial charge in [-0.3, -0.25) is 0 Å². The number of rotatable bonds is 0. The summed E-state index contributed by atoms with van der Waals surface area (Å²) in [7, 11) is 0. The van der Waals surface area contributed by atoms with Crippen LogP contribution in [0.5, 0.6) is 0 Å². The maximum atomic E-state index is 10.1. The Kier molecular flexibility index (Phi) is 11.2. The van der Waals surface area contributed by atoms with Crippen molar-refractivity contribution in [3.05, 3.63) is 66.2 Å². The summed E-state index contributed by atoms with van der Waals surface area (Å²) in [5.74, 6) is -0.866. The molecule has 0 unspecified atom stereocenters. The van der Waals surface area contributed by atoms with E-state index in [-0.39, 0.29) is 39.4 Å². The van der Waals surface area contributed by atoms with E-state index in [1.165, 1.54) is 0 Å². The summed E-state index contributed by atoms with van der Waals surface area (Å²) in [6.07, 6.45) is 6.51. The van der Waals surface area contributed by atoms with Gasteiger partial charge in [-0.1, -0.05) is 24.3 Å². The maximum Gasteiger partial charge on any atom is 2.00 e. The number of hydrogen-bond donors (Lipinski definition) is 1. The quantitative estimate of drug-likeness (QED) is 0.389. The van der Waals surface area contributed by atoms with Crippen LogP contribution in [0.3, 0.4) is 0 Å². The zero-order valence-corrected chi connectivity index (χ0v) is 11.0. The number of allylic oxidation sites excluding steroid dienone is 5. The van der Waals surface area contributed by atoms with Gasteiger partial charge in [0.15, 0.2) is 0 Å². The van der Waals surface area contributed by atoms with Crippen molar-refractivity contribution >= 4 is 0 Å². The van der Waals surface area contributed by atoms with Crippen molar-refractivity contribution < 1.29 is 49.7 Å². The largest absolute Gasteiger partial charge is 2.00 e. The molecule has 0 fully saturated rings. The Balaban J connectivity index is 0. The molecule has 15 heavy (non-hydrogen) atoms. The average molecular weight is 427 g/mol. The van der Waals surface area contributed by atoms with Crippen LogP contribution in [0, 0.1) is 0 Å². The third-order valence-corrected chi connectivity index (χ3v) is 1.47. The van der Waals surface area contributed by atoms with E-state index < -0.39 is 5.95 Å². The van der Waals surface area contributed by atoms with Crippen molar-refractivity contribution in [3.63, 3.8) is 0 Å². The Hall–Kier alpha value is -0.570. The first-order valence-electron chi connectivity index (χ1n) is 3.92. The number of hydrogen-bond acceptors (Lipinski definition) is 2. The predicted octanol–water partition coefficient (Wildman–Crippen LogP) is 1.64. The molecule has 1 aliphatic carbocycles. The van der Waals surface area contributed by atoms with Gasteiger partial charge in [0.2, 0.25) is 0 Å². The number of aliphatic hydroxyl groups is 1. The third kappa shape index (κ3) is 7.37. The molecule has 1 aliphatic rings. The Morgan fingerprint density at radius 2 is 1.60 bits per heavy atom. The molecule has 0 aromatic heterocycles. The van der Waals surface area contributed by atoms with Gasteiger partial charge >= 0.3 is 17.1 Å². The van der Waals surface area contributed by atoms with Crippen LogP contribution in [-0.2, 0) is 39.4 Å². The minimum Gasteiger partial charge on any atom is -0.629 e. The molecule has 0 saturated carbocycles. The van der Waals surface area contributed by atoms with Gasteiger partial charge < -0.3 is 10.2 Å². The van der Waals surface area contributed by atoms with Crippen LogP contribution in [0.1, 0.15) is 0 Å². The topological polar surface area (TPSA) is 43.3 Å². The predicted molar refractivity (Wildman–Crippen MR) is 50.0 cm³/mol. The van der Waals surface area contributed by atoms with E-state index in [4.69, 9.17) is 5.11 Å². The molecule has 0 saturated heterocycles. The van der Waals surface area contributed by atoms with Crippen molar-refractivity contribution in [2.24, 2.45) is 0 Å². The van der Waals surface area contributed by atoms with E-state index in [9.17, 15) is 5.11 Å². The second-order valence-corrected chi connectivity index (χ2v) is 2.44. The summed E-state index contributed by atoms with van der Waals surface area (Å²) in [6, 6.07) is 10.0. The van der Waals surface area contributed by atoms with Crippen LogP contribution in [0.15, 0.2) is 66.2 Å². The summed E-state index contributed by atoms with van der Waals surface area (Å²) >= 11 is 0. The van der Waals surface area contributed by atoms with Crippen LogP contribution >= 0.6 is 0 Å². The maximum absolute atomic E-state index is 10.1. The Labute approximate surface area is 115 Å². The minimum atomic E-state index is -0.866. The first-order chi connectivity index (χ1) is 6.30. The van der Waals surface area contributed by atoms with E-state index in [0.29, 0.717) is 5.57 Å². The second kappa shape index (κ2) is 9.96. The second-order valence-electron chi connectivity index (χ2n) is 2.44. The molecule has 0 amide bonds. The summed E-state index contributed by atoms with van der Waals surface area (Å²) in [5.41, 5.74) is 0.352. The Morgan fingerprint density at radius 3 is 1.80 bits per heavy atom. The van der Waals surface area contributed by atoms with Crippen LogP contribution in [-0.4, -0.2) is 5.11 Å². The molecule has 2 rings (SSSR count). The van der Waals surface area contributed by atoms with Crippen LogP contribution in [0.2, 0.25) is 0 Å². The third-order valence-electron chi connectivity index (χ3n) is 1.47. The molecule has 1 aromatic carbocycles. The first-order valence-corrected chi connectivity index (χ1v) is 3.92. The van der Waals surface area contributed by atoms with Crippen LogP contribution in [0.25, 0.3) is 0 Å². The van der Waals surface area contributed by atoms with Gasteiger partial charge in [-0.05, 0) is 5.57 Å². The zero-order valence-electron chi connectivity index (χ0n) is 7.71. The van der Waals surface area contributed by atoms with E-state index in [1.807, 2.05) is 30.3 Å². The van der Waals surface area contributed by atoms with Crippen molar-refractivity contribution in [2.45, 2.75) is 0 Å². The van der Waals surface area contributed by atoms with Crippen molar-refractivity contribution in [1.82, 2.24) is 0 Å². The monoisotopic (exact) mass is 427 g/mol. The van der Waals surface area contributed by atoms with Gasteiger partial charge in [0.25, 0.3) is 0 Å².